The highest BCUT2D eigenvalue weighted by Crippen LogP contribution is 2.33. The summed E-state index contributed by atoms with van der Waals surface area (Å²) in [5.74, 6) is 2.88. The fourth-order valence-electron chi connectivity index (χ4n) is 3.98. The number of ether oxygens (including phenoxy) is 1. The van der Waals surface area contributed by atoms with Gasteiger partial charge in [0.1, 0.15) is 5.75 Å². The molecular weight excluding hydrogens is 382 g/mol. The Morgan fingerprint density at radius 2 is 1.93 bits per heavy atom. The lowest BCUT2D eigenvalue weighted by Gasteiger charge is -2.18. The molecule has 0 saturated heterocycles. The molecule has 1 atom stereocenters. The van der Waals surface area contributed by atoms with Crippen molar-refractivity contribution in [3.8, 4) is 22.9 Å². The van der Waals surface area contributed by atoms with Gasteiger partial charge in [-0.1, -0.05) is 31.0 Å². The minimum atomic E-state index is 0.462. The van der Waals surface area contributed by atoms with Gasteiger partial charge in [-0.15, -0.1) is 11.3 Å². The van der Waals surface area contributed by atoms with Crippen molar-refractivity contribution in [2.75, 3.05) is 11.9 Å². The Bertz CT molecular complexity index is 997. The van der Waals surface area contributed by atoms with Crippen molar-refractivity contribution >= 4 is 22.4 Å². The van der Waals surface area contributed by atoms with E-state index in [4.69, 9.17) is 9.72 Å². The van der Waals surface area contributed by atoms with Crippen LogP contribution in [0.15, 0.2) is 59.0 Å². The second-order valence-electron chi connectivity index (χ2n) is 7.42. The van der Waals surface area contributed by atoms with Crippen molar-refractivity contribution in [1.82, 2.24) is 15.3 Å². The minimum absolute atomic E-state index is 0.462. The van der Waals surface area contributed by atoms with Crippen LogP contribution in [0, 0.1) is 5.92 Å². The summed E-state index contributed by atoms with van der Waals surface area (Å²) in [6, 6.07) is 14.0. The van der Waals surface area contributed by atoms with Crippen molar-refractivity contribution < 1.29 is 4.74 Å². The molecule has 2 N–H and O–H groups in total. The molecule has 1 aromatic carbocycles. The Morgan fingerprint density at radius 1 is 1.07 bits per heavy atom. The predicted octanol–water partition coefficient (Wildman–Crippen LogP) is 4.93. The Hall–Kier alpha value is -2.93. The predicted molar refractivity (Wildman–Crippen MR) is 117 cm³/mol. The molecule has 0 bridgehead atoms. The molecule has 1 aliphatic carbocycles. The van der Waals surface area contributed by atoms with Gasteiger partial charge in [-0.05, 0) is 43.0 Å². The van der Waals surface area contributed by atoms with Crippen molar-refractivity contribution in [3.63, 3.8) is 0 Å². The lowest BCUT2D eigenvalue weighted by atomic mass is 9.99. The first-order valence-corrected chi connectivity index (χ1v) is 10.9. The number of rotatable bonds is 5. The van der Waals surface area contributed by atoms with E-state index in [0.29, 0.717) is 11.9 Å². The van der Waals surface area contributed by atoms with Crippen molar-refractivity contribution in [3.05, 3.63) is 54.0 Å². The van der Waals surface area contributed by atoms with Gasteiger partial charge in [-0.25, -0.2) is 9.97 Å². The van der Waals surface area contributed by atoms with Crippen LogP contribution in [0.1, 0.15) is 25.7 Å². The van der Waals surface area contributed by atoms with Gasteiger partial charge in [-0.3, -0.25) is 4.99 Å². The molecule has 29 heavy (non-hydrogen) atoms. The number of hydrogen-bond acceptors (Lipinski definition) is 7. The molecule has 148 valence electrons. The van der Waals surface area contributed by atoms with Gasteiger partial charge in [0.05, 0.1) is 23.8 Å². The summed E-state index contributed by atoms with van der Waals surface area (Å²) in [5, 5.41) is 9.71. The van der Waals surface area contributed by atoms with E-state index in [0.717, 1.165) is 40.6 Å². The SMILES string of the molecule is c1ccc(Oc2ncccc2-c2csc(NC3=NCC(C4CCCC4)N3)n2)cc1. The van der Waals surface area contributed by atoms with E-state index in [-0.39, 0.29) is 0 Å². The highest BCUT2D eigenvalue weighted by atomic mass is 32.1. The number of benzene rings is 1. The third-order valence-corrected chi connectivity index (χ3v) is 6.23. The first kappa shape index (κ1) is 18.1. The van der Waals surface area contributed by atoms with Crippen LogP contribution in [0.4, 0.5) is 5.13 Å². The number of nitrogens with zero attached hydrogens (tertiary/aromatic N) is 3. The number of thiazole rings is 1. The second-order valence-corrected chi connectivity index (χ2v) is 8.28. The highest BCUT2D eigenvalue weighted by molar-refractivity contribution is 7.14. The average Bonchev–Trinajstić information content (AvgIpc) is 3.52. The van der Waals surface area contributed by atoms with E-state index in [2.05, 4.69) is 20.6 Å². The van der Waals surface area contributed by atoms with Gasteiger partial charge < -0.3 is 15.4 Å². The molecule has 7 heteroatoms. The summed E-state index contributed by atoms with van der Waals surface area (Å²) in [5.41, 5.74) is 1.70. The van der Waals surface area contributed by atoms with Crippen LogP contribution in [0.3, 0.4) is 0 Å². The Labute approximate surface area is 174 Å². The number of anilines is 1. The van der Waals surface area contributed by atoms with Gasteiger partial charge in [0.15, 0.2) is 11.1 Å². The molecule has 3 heterocycles. The van der Waals surface area contributed by atoms with Crippen LogP contribution in [-0.2, 0) is 0 Å². The zero-order valence-corrected chi connectivity index (χ0v) is 16.9. The molecule has 0 amide bonds. The molecule has 1 aliphatic heterocycles. The van der Waals surface area contributed by atoms with Gasteiger partial charge in [0.2, 0.25) is 5.88 Å². The summed E-state index contributed by atoms with van der Waals surface area (Å²) in [4.78, 5) is 13.8. The van der Waals surface area contributed by atoms with Crippen molar-refractivity contribution in [2.24, 2.45) is 10.9 Å². The topological polar surface area (TPSA) is 71.4 Å². The number of guanidine groups is 1. The third kappa shape index (κ3) is 4.10. The molecule has 1 unspecified atom stereocenters. The van der Waals surface area contributed by atoms with Crippen molar-refractivity contribution in [1.29, 1.82) is 0 Å². The van der Waals surface area contributed by atoms with E-state index in [1.165, 1.54) is 25.7 Å². The van der Waals surface area contributed by atoms with E-state index >= 15 is 0 Å². The van der Waals surface area contributed by atoms with Crippen LogP contribution in [0.2, 0.25) is 0 Å². The maximum Gasteiger partial charge on any atom is 0.228 e. The van der Waals surface area contributed by atoms with Gasteiger partial charge in [-0.2, -0.15) is 0 Å². The average molecular weight is 406 g/mol. The summed E-state index contributed by atoms with van der Waals surface area (Å²) in [7, 11) is 0. The molecule has 1 saturated carbocycles. The van der Waals surface area contributed by atoms with E-state index in [9.17, 15) is 0 Å². The summed E-state index contributed by atoms with van der Waals surface area (Å²) < 4.78 is 5.97. The maximum absolute atomic E-state index is 5.97. The maximum atomic E-state index is 5.97. The molecule has 1 fully saturated rings. The monoisotopic (exact) mass is 405 g/mol. The first-order valence-electron chi connectivity index (χ1n) is 10.1. The van der Waals surface area contributed by atoms with Crippen molar-refractivity contribution in [2.45, 2.75) is 31.7 Å². The van der Waals surface area contributed by atoms with Gasteiger partial charge in [0, 0.05) is 11.6 Å². The Morgan fingerprint density at radius 3 is 2.79 bits per heavy atom. The first-order chi connectivity index (χ1) is 14.3. The molecular formula is C22H23N5OS. The summed E-state index contributed by atoms with van der Waals surface area (Å²) >= 11 is 1.55. The Kier molecular flexibility index (Phi) is 5.13. The quantitative estimate of drug-likeness (QED) is 0.630. The smallest absolute Gasteiger partial charge is 0.228 e. The van der Waals surface area contributed by atoms with Crippen LogP contribution in [-0.4, -0.2) is 28.5 Å². The molecule has 2 aliphatic rings. The number of pyridine rings is 1. The molecule has 0 radical (unpaired) electrons. The molecule has 2 aromatic heterocycles. The normalized spacial score (nSPS) is 19.0. The fraction of sp³-hybridized carbons (Fsp3) is 0.318. The van der Waals surface area contributed by atoms with E-state index < -0.39 is 0 Å². The Balaban J connectivity index is 1.28. The number of aliphatic imine (C=N–C) groups is 1. The molecule has 0 spiro atoms. The van der Waals surface area contributed by atoms with E-state index in [1.807, 2.05) is 47.8 Å². The highest BCUT2D eigenvalue weighted by Gasteiger charge is 2.29. The molecule has 5 rings (SSSR count). The zero-order valence-electron chi connectivity index (χ0n) is 16.0. The number of aromatic nitrogens is 2. The summed E-state index contributed by atoms with van der Waals surface area (Å²) in [6.45, 7) is 0.850. The molecule has 3 aromatic rings. The van der Waals surface area contributed by atoms with Crippen LogP contribution in [0.5, 0.6) is 11.6 Å². The standard InChI is InChI=1S/C22H23N5OS/c1-2-9-16(10-3-1)28-20-17(11-6-12-23-20)19-14-29-22(26-19)27-21-24-13-18(25-21)15-7-4-5-8-15/h1-3,6,9-12,14-15,18H,4-5,7-8,13H2,(H2,24,25,26,27). The zero-order chi connectivity index (χ0) is 19.5. The lowest BCUT2D eigenvalue weighted by Crippen LogP contribution is -2.38. The minimum Gasteiger partial charge on any atom is -0.438 e. The number of nitrogens with one attached hydrogen (secondary N) is 2. The van der Waals surface area contributed by atoms with E-state index in [1.54, 1.807) is 17.5 Å². The number of para-hydroxylation sites is 1. The van der Waals surface area contributed by atoms with Gasteiger partial charge in [0.25, 0.3) is 0 Å². The lowest BCUT2D eigenvalue weighted by molar-refractivity contribution is 0.424. The number of hydrogen-bond donors (Lipinski definition) is 2. The molecule has 6 nitrogen and oxygen atoms in total. The van der Waals surface area contributed by atoms with Gasteiger partial charge >= 0.3 is 0 Å². The third-order valence-electron chi connectivity index (χ3n) is 5.47. The largest absolute Gasteiger partial charge is 0.438 e. The summed E-state index contributed by atoms with van der Waals surface area (Å²) in [6.07, 6.45) is 7.05. The van der Waals surface area contributed by atoms with Crippen LogP contribution < -0.4 is 15.4 Å². The van der Waals surface area contributed by atoms with Crippen LogP contribution in [0.25, 0.3) is 11.3 Å². The van der Waals surface area contributed by atoms with Crippen LogP contribution >= 0.6 is 11.3 Å². The fourth-order valence-corrected chi connectivity index (χ4v) is 4.69. The second kappa shape index (κ2) is 8.21.